The number of aromatic hydroxyl groups is 1. The van der Waals surface area contributed by atoms with Crippen LogP contribution in [0.2, 0.25) is 0 Å². The summed E-state index contributed by atoms with van der Waals surface area (Å²) in [5.41, 5.74) is 1.23. The minimum Gasteiger partial charge on any atom is -0.508 e. The van der Waals surface area contributed by atoms with Gasteiger partial charge in [0.25, 0.3) is 0 Å². The molecule has 0 fully saturated rings. The summed E-state index contributed by atoms with van der Waals surface area (Å²) >= 11 is 0. The van der Waals surface area contributed by atoms with Crippen LogP contribution in [0.25, 0.3) is 0 Å². The summed E-state index contributed by atoms with van der Waals surface area (Å²) < 4.78 is 5.45. The van der Waals surface area contributed by atoms with Crippen LogP contribution < -0.4 is 10.6 Å². The van der Waals surface area contributed by atoms with Crippen LogP contribution in [-0.2, 0) is 20.7 Å². The zero-order valence-electron chi connectivity index (χ0n) is 24.5. The number of nitrogens with one attached hydrogen (secondary N) is 2. The second-order valence-corrected chi connectivity index (χ2v) is 11.0. The van der Waals surface area contributed by atoms with Crippen molar-refractivity contribution < 1.29 is 24.2 Å². The fourth-order valence-corrected chi connectivity index (χ4v) is 4.39. The molecule has 0 heterocycles. The van der Waals surface area contributed by atoms with Crippen molar-refractivity contribution in [3.05, 3.63) is 65.2 Å². The number of phenolic OH excluding ortho intramolecular Hbond substituents is 1. The fourth-order valence-electron chi connectivity index (χ4n) is 4.39. The Kier molecular flexibility index (Phi) is 12.1. The molecule has 8 nitrogen and oxygen atoms in total. The highest BCUT2D eigenvalue weighted by molar-refractivity contribution is 5.92. The first-order valence-corrected chi connectivity index (χ1v) is 13.8. The van der Waals surface area contributed by atoms with Gasteiger partial charge in [-0.15, -0.1) is 6.42 Å². The average molecular weight is 550 g/mol. The van der Waals surface area contributed by atoms with Gasteiger partial charge in [-0.2, -0.15) is 0 Å². The average Bonchev–Trinajstić information content (AvgIpc) is 2.88. The van der Waals surface area contributed by atoms with Gasteiger partial charge in [0.15, 0.2) is 0 Å². The lowest BCUT2D eigenvalue weighted by Gasteiger charge is -2.35. The van der Waals surface area contributed by atoms with Gasteiger partial charge >= 0.3 is 6.09 Å². The third-order valence-corrected chi connectivity index (χ3v) is 6.18. The number of amides is 3. The number of alkyl carbamates (subject to hydrolysis) is 1. The number of ether oxygens (including phenoxy) is 1. The molecular weight excluding hydrogens is 506 g/mol. The van der Waals surface area contributed by atoms with E-state index in [0.717, 1.165) is 18.4 Å². The molecule has 0 saturated carbocycles. The highest BCUT2D eigenvalue weighted by atomic mass is 16.6. The number of rotatable bonds is 12. The van der Waals surface area contributed by atoms with Crippen molar-refractivity contribution in [2.75, 3.05) is 6.54 Å². The predicted molar refractivity (Wildman–Crippen MR) is 157 cm³/mol. The summed E-state index contributed by atoms with van der Waals surface area (Å²) in [6.45, 7) is 11.4. The van der Waals surface area contributed by atoms with Gasteiger partial charge in [0.05, 0.1) is 0 Å². The van der Waals surface area contributed by atoms with Gasteiger partial charge in [-0.1, -0.05) is 50.5 Å². The van der Waals surface area contributed by atoms with E-state index in [1.165, 1.54) is 17.0 Å². The van der Waals surface area contributed by atoms with Crippen molar-refractivity contribution in [1.82, 2.24) is 15.5 Å². The summed E-state index contributed by atoms with van der Waals surface area (Å²) in [4.78, 5) is 42.3. The van der Waals surface area contributed by atoms with E-state index in [2.05, 4.69) is 16.6 Å². The predicted octanol–water partition coefficient (Wildman–Crippen LogP) is 5.09. The van der Waals surface area contributed by atoms with Gasteiger partial charge in [0, 0.05) is 24.6 Å². The molecule has 8 heteroatoms. The number of nitrogens with zero attached hydrogens (tertiary/aromatic N) is 1. The molecule has 2 rings (SSSR count). The molecule has 0 radical (unpaired) electrons. The SMILES string of the molecule is C#Cc1ccc(C(C(=O)NC(C)CCC)N(CCC)C(=O)C(Cc2ccc(O)cc2)NC(=O)OC(C)(C)C)cc1. The maximum Gasteiger partial charge on any atom is 0.408 e. The van der Waals surface area contributed by atoms with E-state index in [1.807, 2.05) is 20.8 Å². The van der Waals surface area contributed by atoms with Crippen LogP contribution in [0, 0.1) is 12.3 Å². The third kappa shape index (κ3) is 9.96. The number of benzene rings is 2. The fraction of sp³-hybridized carbons (Fsp3) is 0.469. The molecular formula is C32H43N3O5. The molecule has 0 aliphatic heterocycles. The zero-order valence-corrected chi connectivity index (χ0v) is 24.5. The molecule has 0 spiro atoms. The number of phenols is 1. The van der Waals surface area contributed by atoms with Crippen LogP contribution in [0.5, 0.6) is 5.75 Å². The first-order chi connectivity index (χ1) is 18.9. The van der Waals surface area contributed by atoms with E-state index < -0.39 is 29.7 Å². The van der Waals surface area contributed by atoms with Crippen molar-refractivity contribution in [1.29, 1.82) is 0 Å². The van der Waals surface area contributed by atoms with E-state index in [-0.39, 0.29) is 30.7 Å². The summed E-state index contributed by atoms with van der Waals surface area (Å²) in [7, 11) is 0. The Morgan fingerprint density at radius 2 is 1.62 bits per heavy atom. The van der Waals surface area contributed by atoms with Crippen molar-refractivity contribution in [3.8, 4) is 18.1 Å². The lowest BCUT2D eigenvalue weighted by molar-refractivity contribution is -0.142. The van der Waals surface area contributed by atoms with Gasteiger partial charge in [0.2, 0.25) is 11.8 Å². The normalized spacial score (nSPS) is 13.3. The Balaban J connectivity index is 2.53. The Hall–Kier alpha value is -3.99. The number of terminal acetylenes is 1. The minimum atomic E-state index is -1.03. The smallest absolute Gasteiger partial charge is 0.408 e. The summed E-state index contributed by atoms with van der Waals surface area (Å²) in [5.74, 6) is 1.93. The van der Waals surface area contributed by atoms with Crippen LogP contribution in [0.1, 0.15) is 83.5 Å². The van der Waals surface area contributed by atoms with Gasteiger partial charge < -0.3 is 25.4 Å². The molecule has 0 aromatic heterocycles. The number of carbonyl (C=O) groups is 3. The molecule has 3 amide bonds. The zero-order chi connectivity index (χ0) is 29.9. The van der Waals surface area contributed by atoms with Crippen molar-refractivity contribution in [2.45, 2.75) is 91.0 Å². The molecule has 0 aliphatic rings. The highest BCUT2D eigenvalue weighted by Gasteiger charge is 2.36. The molecule has 40 heavy (non-hydrogen) atoms. The van der Waals surface area contributed by atoms with Crippen LogP contribution >= 0.6 is 0 Å². The molecule has 0 saturated heterocycles. The van der Waals surface area contributed by atoms with Crippen LogP contribution in [0.15, 0.2) is 48.5 Å². The van der Waals surface area contributed by atoms with Crippen molar-refractivity contribution in [2.24, 2.45) is 0 Å². The quantitative estimate of drug-likeness (QED) is 0.320. The largest absolute Gasteiger partial charge is 0.508 e. The Morgan fingerprint density at radius 3 is 2.15 bits per heavy atom. The maximum absolute atomic E-state index is 14.3. The second-order valence-electron chi connectivity index (χ2n) is 11.0. The Labute approximate surface area is 238 Å². The van der Waals surface area contributed by atoms with E-state index in [9.17, 15) is 19.5 Å². The molecule has 2 aromatic rings. The first kappa shape index (κ1) is 32.2. The van der Waals surface area contributed by atoms with E-state index in [0.29, 0.717) is 17.5 Å². The van der Waals surface area contributed by atoms with Gasteiger partial charge in [-0.3, -0.25) is 9.59 Å². The van der Waals surface area contributed by atoms with E-state index in [4.69, 9.17) is 11.2 Å². The monoisotopic (exact) mass is 549 g/mol. The Morgan fingerprint density at radius 1 is 1.00 bits per heavy atom. The Bertz CT molecular complexity index is 1160. The summed E-state index contributed by atoms with van der Waals surface area (Å²) in [5, 5.41) is 15.5. The van der Waals surface area contributed by atoms with Gasteiger partial charge in [-0.25, -0.2) is 4.79 Å². The highest BCUT2D eigenvalue weighted by Crippen LogP contribution is 2.25. The molecule has 216 valence electrons. The van der Waals surface area contributed by atoms with Crippen molar-refractivity contribution >= 4 is 17.9 Å². The van der Waals surface area contributed by atoms with Gasteiger partial charge in [-0.05, 0) is 75.9 Å². The molecule has 0 aliphatic carbocycles. The van der Waals surface area contributed by atoms with Crippen LogP contribution in [0.4, 0.5) is 4.79 Å². The lowest BCUT2D eigenvalue weighted by atomic mass is 9.98. The maximum atomic E-state index is 14.3. The molecule has 3 atom stereocenters. The van der Waals surface area contributed by atoms with E-state index >= 15 is 0 Å². The minimum absolute atomic E-state index is 0.0868. The van der Waals surface area contributed by atoms with Crippen molar-refractivity contribution in [3.63, 3.8) is 0 Å². The molecule has 3 unspecified atom stereocenters. The lowest BCUT2D eigenvalue weighted by Crippen LogP contribution is -2.54. The third-order valence-electron chi connectivity index (χ3n) is 6.18. The number of hydrogen-bond donors (Lipinski definition) is 3. The van der Waals surface area contributed by atoms with Crippen LogP contribution in [-0.4, -0.2) is 52.1 Å². The molecule has 3 N–H and O–H groups in total. The first-order valence-electron chi connectivity index (χ1n) is 13.8. The second kappa shape index (κ2) is 15.0. The van der Waals surface area contributed by atoms with E-state index in [1.54, 1.807) is 57.2 Å². The molecule has 0 bridgehead atoms. The topological polar surface area (TPSA) is 108 Å². The summed E-state index contributed by atoms with van der Waals surface area (Å²) in [6, 6.07) is 11.4. The number of hydrogen-bond acceptors (Lipinski definition) is 5. The van der Waals surface area contributed by atoms with Gasteiger partial charge in [0.1, 0.15) is 23.4 Å². The molecule has 2 aromatic carbocycles. The standard InChI is InChI=1S/C32H43N3O5/c1-8-11-22(4)33-29(37)28(25-16-12-23(10-3)13-17-25)35(20-9-2)30(38)27(34-31(39)40-32(5,6)7)21-24-14-18-26(36)19-15-24/h3,12-19,22,27-28,36H,8-9,11,20-21H2,1-2,4-7H3,(H,33,37)(H,34,39). The summed E-state index contributed by atoms with van der Waals surface area (Å²) in [6.07, 6.45) is 7.21. The number of carbonyl (C=O) groups excluding carboxylic acids is 3. The van der Waals surface area contributed by atoms with Crippen LogP contribution in [0.3, 0.4) is 0 Å².